The van der Waals surface area contributed by atoms with Gasteiger partial charge >= 0.3 is 0 Å². The molecule has 1 N–H and O–H groups in total. The maximum atomic E-state index is 5.65. The second-order valence-electron chi connectivity index (χ2n) is 9.13. The molecule has 1 unspecified atom stereocenters. The van der Waals surface area contributed by atoms with E-state index in [1.165, 1.54) is 11.1 Å². The van der Waals surface area contributed by atoms with Crippen LogP contribution in [0, 0.1) is 31.6 Å². The van der Waals surface area contributed by atoms with E-state index in [9.17, 15) is 0 Å². The maximum absolute atomic E-state index is 5.65. The highest BCUT2D eigenvalue weighted by molar-refractivity contribution is 6.42. The molecule has 1 fully saturated rings. The number of aromatic nitrogens is 1. The molecule has 1 atom stereocenters. The molecule has 2 aromatic rings. The van der Waals surface area contributed by atoms with E-state index in [0.29, 0.717) is 12.0 Å². The maximum Gasteiger partial charge on any atom is 0.160 e. The molecule has 172 valence electrons. The van der Waals surface area contributed by atoms with Crippen LogP contribution in [0.25, 0.3) is 11.1 Å². The van der Waals surface area contributed by atoms with E-state index in [1.807, 2.05) is 33.5 Å². The summed E-state index contributed by atoms with van der Waals surface area (Å²) >= 11 is 0. The van der Waals surface area contributed by atoms with Gasteiger partial charge in [0.1, 0.15) is 5.84 Å². The van der Waals surface area contributed by atoms with Gasteiger partial charge in [0, 0.05) is 49.2 Å². The molecule has 0 saturated heterocycles. The molecule has 4 rings (SSSR count). The number of hydrogen-bond donors (Lipinski definition) is 1. The van der Waals surface area contributed by atoms with E-state index in [2.05, 4.69) is 66.1 Å². The van der Waals surface area contributed by atoms with Gasteiger partial charge in [-0.05, 0) is 76.1 Å². The smallest absolute Gasteiger partial charge is 0.160 e. The van der Waals surface area contributed by atoms with Crippen molar-refractivity contribution in [2.24, 2.45) is 15.9 Å². The van der Waals surface area contributed by atoms with Crippen molar-refractivity contribution >= 4 is 11.5 Å². The first kappa shape index (κ1) is 23.2. The first-order valence-corrected chi connectivity index (χ1v) is 11.8. The summed E-state index contributed by atoms with van der Waals surface area (Å²) in [7, 11) is 3.65. The largest absolute Gasteiger partial charge is 0.381 e. The third-order valence-electron chi connectivity index (χ3n) is 7.25. The van der Waals surface area contributed by atoms with Crippen LogP contribution in [-0.4, -0.2) is 36.8 Å². The predicted octanol–water partition coefficient (Wildman–Crippen LogP) is 5.19. The van der Waals surface area contributed by atoms with Crippen molar-refractivity contribution in [1.29, 1.82) is 0 Å². The number of rotatable bonds is 4. The summed E-state index contributed by atoms with van der Waals surface area (Å²) in [6, 6.07) is 6.69. The van der Waals surface area contributed by atoms with Gasteiger partial charge in [0.15, 0.2) is 5.66 Å². The highest BCUT2D eigenvalue weighted by Crippen LogP contribution is 2.45. The van der Waals surface area contributed by atoms with Crippen molar-refractivity contribution in [1.82, 2.24) is 10.3 Å². The molecule has 1 saturated carbocycles. The lowest BCUT2D eigenvalue weighted by Crippen LogP contribution is -2.48. The summed E-state index contributed by atoms with van der Waals surface area (Å²) in [5.41, 5.74) is 7.26. The zero-order chi connectivity index (χ0) is 23.6. The van der Waals surface area contributed by atoms with E-state index in [4.69, 9.17) is 9.73 Å². The van der Waals surface area contributed by atoms with Gasteiger partial charge in [0.2, 0.25) is 0 Å². The van der Waals surface area contributed by atoms with Gasteiger partial charge in [-0.25, -0.2) is 0 Å². The van der Waals surface area contributed by atoms with E-state index in [1.54, 1.807) is 0 Å². The van der Waals surface area contributed by atoms with Crippen molar-refractivity contribution in [3.8, 4) is 23.0 Å². The summed E-state index contributed by atoms with van der Waals surface area (Å²) in [6.07, 6.45) is 8.35. The molecule has 33 heavy (non-hydrogen) atoms. The first-order chi connectivity index (χ1) is 15.9. The van der Waals surface area contributed by atoms with Gasteiger partial charge in [0.25, 0.3) is 0 Å². The Kier molecular flexibility index (Phi) is 6.67. The highest BCUT2D eigenvalue weighted by Gasteiger charge is 2.47. The Labute approximate surface area is 197 Å². The molecular formula is C28H34N4O. The third kappa shape index (κ3) is 4.20. The second kappa shape index (κ2) is 9.49. The van der Waals surface area contributed by atoms with Crippen LogP contribution >= 0.6 is 0 Å². The van der Waals surface area contributed by atoms with Crippen molar-refractivity contribution in [2.45, 2.75) is 65.1 Å². The summed E-state index contributed by atoms with van der Waals surface area (Å²) in [4.78, 5) is 14.2. The van der Waals surface area contributed by atoms with Gasteiger partial charge in [-0.2, -0.15) is 0 Å². The van der Waals surface area contributed by atoms with E-state index in [-0.39, 0.29) is 0 Å². The number of amidine groups is 1. The molecule has 1 aromatic heterocycles. The minimum Gasteiger partial charge on any atom is -0.381 e. The van der Waals surface area contributed by atoms with Crippen molar-refractivity contribution in [2.75, 3.05) is 14.2 Å². The number of ether oxygens (including phenoxy) is 1. The van der Waals surface area contributed by atoms with Gasteiger partial charge in [-0.1, -0.05) is 18.1 Å². The molecule has 2 heterocycles. The molecule has 0 bridgehead atoms. The van der Waals surface area contributed by atoms with Crippen molar-refractivity contribution < 1.29 is 4.74 Å². The van der Waals surface area contributed by atoms with Gasteiger partial charge in [-0.15, -0.1) is 5.92 Å². The number of aliphatic imine (C=N–C) groups is 2. The summed E-state index contributed by atoms with van der Waals surface area (Å²) < 4.78 is 5.65. The van der Waals surface area contributed by atoms with Crippen LogP contribution in [0.1, 0.15) is 61.8 Å². The Morgan fingerprint density at radius 2 is 1.88 bits per heavy atom. The Bertz CT molecular complexity index is 1160. The fraction of sp³-hybridized carbons (Fsp3) is 0.464. The van der Waals surface area contributed by atoms with E-state index < -0.39 is 5.66 Å². The highest BCUT2D eigenvalue weighted by atomic mass is 16.5. The fourth-order valence-electron chi connectivity index (χ4n) is 5.37. The molecule has 1 aliphatic carbocycles. The molecule has 0 amide bonds. The second-order valence-corrected chi connectivity index (χ2v) is 9.13. The van der Waals surface area contributed by atoms with E-state index in [0.717, 1.165) is 59.5 Å². The van der Waals surface area contributed by atoms with Crippen LogP contribution in [0.3, 0.4) is 0 Å². The van der Waals surface area contributed by atoms with Gasteiger partial charge in [0.05, 0.1) is 11.8 Å². The predicted molar refractivity (Wildman–Crippen MR) is 136 cm³/mol. The standard InChI is InChI=1S/C28H34N4O/c1-7-8-22-16-30-17-25(19(22)3)21-10-9-18(2)26(15-21)28(31-20(4)27(29-5)32-28)23-11-13-24(33-6)14-12-23/h9-10,15-17,23-24H,11-14H2,1-6H3,(H,29,32). The number of aryl methyl sites for hydroxylation is 1. The molecule has 1 aromatic carbocycles. The first-order valence-electron chi connectivity index (χ1n) is 11.8. The quantitative estimate of drug-likeness (QED) is 0.663. The number of pyridine rings is 1. The Hall–Kier alpha value is -2.97. The average molecular weight is 443 g/mol. The van der Waals surface area contributed by atoms with Crippen LogP contribution in [0.2, 0.25) is 0 Å². The van der Waals surface area contributed by atoms with Crippen LogP contribution in [0.4, 0.5) is 0 Å². The molecule has 1 aliphatic heterocycles. The minimum absolute atomic E-state index is 0.340. The summed E-state index contributed by atoms with van der Waals surface area (Å²) in [5, 5.41) is 3.76. The lowest BCUT2D eigenvalue weighted by atomic mass is 9.74. The summed E-state index contributed by atoms with van der Waals surface area (Å²) in [5.74, 6) is 7.43. The van der Waals surface area contributed by atoms with Crippen molar-refractivity contribution in [3.05, 3.63) is 52.8 Å². The number of benzene rings is 1. The minimum atomic E-state index is -0.514. The van der Waals surface area contributed by atoms with Crippen LogP contribution in [0.5, 0.6) is 0 Å². The zero-order valence-corrected chi connectivity index (χ0v) is 20.6. The normalized spacial score (nSPS) is 25.9. The Morgan fingerprint density at radius 1 is 1.12 bits per heavy atom. The van der Waals surface area contributed by atoms with Crippen LogP contribution < -0.4 is 5.32 Å². The lowest BCUT2D eigenvalue weighted by molar-refractivity contribution is 0.0395. The van der Waals surface area contributed by atoms with Crippen LogP contribution in [-0.2, 0) is 10.4 Å². The molecule has 0 spiro atoms. The fourth-order valence-corrected chi connectivity index (χ4v) is 5.37. The lowest BCUT2D eigenvalue weighted by Gasteiger charge is -2.40. The molecule has 5 nitrogen and oxygen atoms in total. The Balaban J connectivity index is 1.84. The zero-order valence-electron chi connectivity index (χ0n) is 20.6. The topological polar surface area (TPSA) is 58.9 Å². The number of nitrogens with one attached hydrogen (secondary N) is 1. The Morgan fingerprint density at radius 3 is 2.52 bits per heavy atom. The average Bonchev–Trinajstić information content (AvgIpc) is 3.18. The van der Waals surface area contributed by atoms with E-state index >= 15 is 0 Å². The molecule has 5 heteroatoms. The van der Waals surface area contributed by atoms with Gasteiger partial charge < -0.3 is 10.1 Å². The number of hydrogen-bond acceptors (Lipinski definition) is 4. The monoisotopic (exact) mass is 442 g/mol. The number of methoxy groups -OCH3 is 1. The number of nitrogens with zero attached hydrogens (tertiary/aromatic N) is 3. The third-order valence-corrected chi connectivity index (χ3v) is 7.25. The SMILES string of the molecule is CC#Cc1cncc(-c2ccc(C)c(C3(C4CCC(OC)CC4)N=C(C)C(=NC)N3)c2)c1C. The molecule has 0 radical (unpaired) electrons. The van der Waals surface area contributed by atoms with Gasteiger partial charge in [-0.3, -0.25) is 15.0 Å². The van der Waals surface area contributed by atoms with Crippen molar-refractivity contribution in [3.63, 3.8) is 0 Å². The molecule has 2 aliphatic rings. The van der Waals surface area contributed by atoms with Crippen LogP contribution in [0.15, 0.2) is 40.6 Å². The molecular weight excluding hydrogens is 408 g/mol. The summed E-state index contributed by atoms with van der Waals surface area (Å²) in [6.45, 7) is 8.21.